The van der Waals surface area contributed by atoms with Crippen molar-refractivity contribution in [1.29, 1.82) is 0 Å². The summed E-state index contributed by atoms with van der Waals surface area (Å²) in [6.45, 7) is 1.87. The lowest BCUT2D eigenvalue weighted by Gasteiger charge is -2.37. The smallest absolute Gasteiger partial charge is 0.274 e. The summed E-state index contributed by atoms with van der Waals surface area (Å²) in [4.78, 5) is 16.0. The average Bonchev–Trinajstić information content (AvgIpc) is 3.18. The number of alkyl halides is 3. The maximum Gasteiger partial charge on any atom is 0.274 e. The van der Waals surface area contributed by atoms with Gasteiger partial charge in [0.05, 0.1) is 5.52 Å². The number of benzene rings is 2. The predicted octanol–water partition coefficient (Wildman–Crippen LogP) is 4.66. The van der Waals surface area contributed by atoms with E-state index in [9.17, 15) is 13.2 Å². The first-order valence-electron chi connectivity index (χ1n) is 9.32. The summed E-state index contributed by atoms with van der Waals surface area (Å²) < 4.78 is 26.3. The van der Waals surface area contributed by atoms with Crippen molar-refractivity contribution in [3.05, 3.63) is 59.2 Å². The molecule has 1 aliphatic rings. The number of hydrogen-bond acceptors (Lipinski definition) is 4. The highest BCUT2D eigenvalue weighted by atomic mass is 79.9. The monoisotopic (exact) mass is 563 g/mol. The summed E-state index contributed by atoms with van der Waals surface area (Å²) >= 11 is 20.5. The average molecular weight is 566 g/mol. The lowest BCUT2D eigenvalue weighted by atomic mass is 10.1. The first-order chi connectivity index (χ1) is 14.6. The fourth-order valence-electron chi connectivity index (χ4n) is 3.70. The topological polar surface area (TPSA) is 62.6 Å². The maximum absolute atomic E-state index is 13.3. The standard InChI is InChI=1S/C20H17BrCl3N3O3S/c21-15-4-1-2-7-18(15)31(29,30)27-9-8-14-16(5-3-6-17(14)27)25-10-12-26(13-11-25)19(28)20(22,23)24/h1-9H,10-13H2. The zero-order chi connectivity index (χ0) is 22.4. The van der Waals surface area contributed by atoms with Crippen LogP contribution in [-0.2, 0) is 14.8 Å². The summed E-state index contributed by atoms with van der Waals surface area (Å²) in [6.07, 6.45) is 1.56. The SMILES string of the molecule is O=C(N1CCN(c2cccc3c2ccn3S(=O)(=O)c2ccccc2Br)CC1)C(Cl)(Cl)Cl. The van der Waals surface area contributed by atoms with Gasteiger partial charge in [0, 0.05) is 47.9 Å². The van der Waals surface area contributed by atoms with Crippen molar-refractivity contribution in [2.24, 2.45) is 0 Å². The molecule has 1 amide bonds. The number of hydrogen-bond donors (Lipinski definition) is 0. The molecule has 0 spiro atoms. The first kappa shape index (κ1) is 22.7. The van der Waals surface area contributed by atoms with Gasteiger partial charge in [-0.3, -0.25) is 4.79 Å². The number of fused-ring (bicyclic) bond motifs is 1. The van der Waals surface area contributed by atoms with Crippen molar-refractivity contribution < 1.29 is 13.2 Å². The number of carbonyl (C=O) groups is 1. The number of anilines is 1. The Labute approximate surface area is 203 Å². The minimum absolute atomic E-state index is 0.191. The maximum atomic E-state index is 13.3. The third-order valence-electron chi connectivity index (χ3n) is 5.20. The van der Waals surface area contributed by atoms with Crippen LogP contribution in [0.15, 0.2) is 64.1 Å². The van der Waals surface area contributed by atoms with E-state index in [1.807, 2.05) is 12.1 Å². The van der Waals surface area contributed by atoms with Crippen molar-refractivity contribution in [3.8, 4) is 0 Å². The molecule has 4 rings (SSSR count). The van der Waals surface area contributed by atoms with Crippen molar-refractivity contribution >= 4 is 83.3 Å². The predicted molar refractivity (Wildman–Crippen MR) is 128 cm³/mol. The van der Waals surface area contributed by atoms with Gasteiger partial charge in [-0.25, -0.2) is 12.4 Å². The number of carbonyl (C=O) groups excluding carboxylic acids is 1. The van der Waals surface area contributed by atoms with Gasteiger partial charge in [-0.2, -0.15) is 0 Å². The molecular formula is C20H17BrCl3N3O3S. The Hall–Kier alpha value is -1.45. The van der Waals surface area contributed by atoms with Gasteiger partial charge >= 0.3 is 0 Å². The molecule has 0 bridgehead atoms. The van der Waals surface area contributed by atoms with Gasteiger partial charge in [-0.15, -0.1) is 0 Å². The molecule has 0 N–H and O–H groups in total. The Kier molecular flexibility index (Phi) is 6.22. The molecule has 0 saturated carbocycles. The van der Waals surface area contributed by atoms with E-state index in [4.69, 9.17) is 34.8 Å². The molecule has 1 fully saturated rings. The zero-order valence-corrected chi connectivity index (χ0v) is 20.7. The normalized spacial score (nSPS) is 15.5. The Morgan fingerprint density at radius 3 is 2.26 bits per heavy atom. The fraction of sp³-hybridized carbons (Fsp3) is 0.250. The van der Waals surface area contributed by atoms with Gasteiger partial charge in [0.25, 0.3) is 19.7 Å². The minimum atomic E-state index is -3.78. The fourth-order valence-corrected chi connectivity index (χ4v) is 6.37. The van der Waals surface area contributed by atoms with Crippen molar-refractivity contribution in [2.75, 3.05) is 31.1 Å². The molecule has 1 aliphatic heterocycles. The molecule has 164 valence electrons. The third-order valence-corrected chi connectivity index (χ3v) is 8.38. The van der Waals surface area contributed by atoms with Crippen LogP contribution in [0.1, 0.15) is 0 Å². The van der Waals surface area contributed by atoms with Gasteiger partial charge < -0.3 is 9.80 Å². The van der Waals surface area contributed by atoms with Gasteiger partial charge in [0.15, 0.2) is 0 Å². The molecule has 2 aromatic carbocycles. The van der Waals surface area contributed by atoms with Crippen LogP contribution in [0, 0.1) is 0 Å². The Morgan fingerprint density at radius 1 is 0.935 bits per heavy atom. The summed E-state index contributed by atoms with van der Waals surface area (Å²) in [6, 6.07) is 14.0. The molecule has 0 aliphatic carbocycles. The zero-order valence-electron chi connectivity index (χ0n) is 16.0. The van der Waals surface area contributed by atoms with E-state index in [1.165, 1.54) is 8.87 Å². The summed E-state index contributed by atoms with van der Waals surface area (Å²) in [5.41, 5.74) is 1.47. The highest BCUT2D eigenvalue weighted by Crippen LogP contribution is 2.33. The molecule has 0 atom stereocenters. The van der Waals surface area contributed by atoms with E-state index in [0.29, 0.717) is 36.2 Å². The molecular weight excluding hydrogens is 549 g/mol. The minimum Gasteiger partial charge on any atom is -0.367 e. The second-order valence-corrected chi connectivity index (χ2v) is 12.0. The second-order valence-electron chi connectivity index (χ2n) is 7.03. The van der Waals surface area contributed by atoms with Crippen LogP contribution < -0.4 is 4.90 Å². The Bertz CT molecular complexity index is 1250. The number of piperazine rings is 1. The molecule has 0 unspecified atom stereocenters. The molecule has 0 radical (unpaired) electrons. The third kappa shape index (κ3) is 4.28. The van der Waals surface area contributed by atoms with Crippen LogP contribution in [0.4, 0.5) is 5.69 Å². The largest absolute Gasteiger partial charge is 0.367 e. The van der Waals surface area contributed by atoms with Crippen molar-refractivity contribution in [3.63, 3.8) is 0 Å². The molecule has 1 saturated heterocycles. The second kappa shape index (κ2) is 8.48. The van der Waals surface area contributed by atoms with E-state index in [0.717, 1.165) is 11.1 Å². The highest BCUT2D eigenvalue weighted by molar-refractivity contribution is 9.10. The number of aromatic nitrogens is 1. The Morgan fingerprint density at radius 2 is 1.61 bits per heavy atom. The number of rotatable bonds is 3. The van der Waals surface area contributed by atoms with Crippen LogP contribution in [0.2, 0.25) is 0 Å². The van der Waals surface area contributed by atoms with Gasteiger partial charge in [-0.1, -0.05) is 53.0 Å². The van der Waals surface area contributed by atoms with E-state index in [1.54, 1.807) is 42.6 Å². The lowest BCUT2D eigenvalue weighted by molar-refractivity contribution is -0.130. The van der Waals surface area contributed by atoms with Crippen LogP contribution in [0.25, 0.3) is 10.9 Å². The van der Waals surface area contributed by atoms with Gasteiger partial charge in [-0.05, 0) is 46.3 Å². The van der Waals surface area contributed by atoms with Gasteiger partial charge in [0.1, 0.15) is 4.90 Å². The van der Waals surface area contributed by atoms with E-state index in [2.05, 4.69) is 20.8 Å². The highest BCUT2D eigenvalue weighted by Gasteiger charge is 2.36. The quantitative estimate of drug-likeness (QED) is 0.434. The van der Waals surface area contributed by atoms with E-state index >= 15 is 0 Å². The van der Waals surface area contributed by atoms with E-state index < -0.39 is 19.7 Å². The summed E-state index contributed by atoms with van der Waals surface area (Å²) in [5, 5.41) is 0.805. The lowest BCUT2D eigenvalue weighted by Crippen LogP contribution is -2.51. The molecule has 2 heterocycles. The van der Waals surface area contributed by atoms with Crippen molar-refractivity contribution in [1.82, 2.24) is 8.87 Å². The molecule has 1 aromatic heterocycles. The van der Waals surface area contributed by atoms with Crippen LogP contribution >= 0.6 is 50.7 Å². The number of halogens is 4. The molecule has 3 aromatic rings. The van der Waals surface area contributed by atoms with E-state index in [-0.39, 0.29) is 4.90 Å². The molecule has 31 heavy (non-hydrogen) atoms. The summed E-state index contributed by atoms with van der Waals surface area (Å²) in [7, 11) is -3.78. The molecule has 6 nitrogen and oxygen atoms in total. The van der Waals surface area contributed by atoms with Crippen LogP contribution in [-0.4, -0.2) is 53.2 Å². The summed E-state index contributed by atoms with van der Waals surface area (Å²) in [5.74, 6) is -0.541. The Balaban J connectivity index is 1.65. The van der Waals surface area contributed by atoms with Crippen LogP contribution in [0.3, 0.4) is 0 Å². The van der Waals surface area contributed by atoms with Gasteiger partial charge in [0.2, 0.25) is 0 Å². The van der Waals surface area contributed by atoms with Crippen molar-refractivity contribution in [2.45, 2.75) is 8.69 Å². The first-order valence-corrected chi connectivity index (χ1v) is 12.7. The number of nitrogens with zero attached hydrogens (tertiary/aromatic N) is 3. The molecule has 11 heteroatoms. The number of amides is 1. The van der Waals surface area contributed by atoms with Crippen LogP contribution in [0.5, 0.6) is 0 Å².